The Morgan fingerprint density at radius 3 is 2.80 bits per heavy atom. The van der Waals surface area contributed by atoms with E-state index in [4.69, 9.17) is 0 Å². The van der Waals surface area contributed by atoms with E-state index in [-0.39, 0.29) is 11.9 Å². The smallest absolute Gasteiger partial charge is 0.238 e. The highest BCUT2D eigenvalue weighted by atomic mass is 16.2. The van der Waals surface area contributed by atoms with Crippen molar-refractivity contribution in [3.8, 4) is 0 Å². The number of hydrogen-bond donors (Lipinski definition) is 1. The van der Waals surface area contributed by atoms with Crippen molar-refractivity contribution in [2.24, 2.45) is 7.05 Å². The minimum atomic E-state index is -0.184. The molecular formula is C10H18N4O. The van der Waals surface area contributed by atoms with Gasteiger partial charge in [0.15, 0.2) is 0 Å². The predicted octanol–water partition coefficient (Wildman–Crippen LogP) is -0.0136. The minimum Gasteiger partial charge on any atom is -0.347 e. The van der Waals surface area contributed by atoms with Crippen molar-refractivity contribution in [3.05, 3.63) is 18.2 Å². The third-order valence-corrected chi connectivity index (χ3v) is 2.30. The van der Waals surface area contributed by atoms with E-state index >= 15 is 0 Å². The van der Waals surface area contributed by atoms with Gasteiger partial charge >= 0.3 is 0 Å². The second kappa shape index (κ2) is 4.93. The number of aromatic nitrogens is 2. The molecule has 5 nitrogen and oxygen atoms in total. The first-order chi connectivity index (χ1) is 7.02. The van der Waals surface area contributed by atoms with Crippen LogP contribution in [0.25, 0.3) is 0 Å². The number of amides is 1. The summed E-state index contributed by atoms with van der Waals surface area (Å²) in [7, 11) is 5.44. The standard InChI is InChI=1S/C10H18N4O/c1-8(10(15)13(2)3)12-7-9-11-5-6-14(9)4/h5-6,8,12H,7H2,1-4H3. The van der Waals surface area contributed by atoms with Gasteiger partial charge in [0, 0.05) is 33.5 Å². The molecule has 5 heteroatoms. The zero-order valence-corrected chi connectivity index (χ0v) is 9.69. The Kier molecular flexibility index (Phi) is 3.85. The highest BCUT2D eigenvalue weighted by Gasteiger charge is 2.14. The second-order valence-electron chi connectivity index (χ2n) is 3.79. The van der Waals surface area contributed by atoms with Gasteiger partial charge in [-0.2, -0.15) is 0 Å². The number of aryl methyl sites for hydroxylation is 1. The fourth-order valence-corrected chi connectivity index (χ4v) is 1.29. The number of imidazole rings is 1. The van der Waals surface area contributed by atoms with Crippen molar-refractivity contribution in [1.82, 2.24) is 19.8 Å². The number of carbonyl (C=O) groups is 1. The normalized spacial score (nSPS) is 12.5. The molecule has 1 N–H and O–H groups in total. The van der Waals surface area contributed by atoms with Crippen molar-refractivity contribution in [3.63, 3.8) is 0 Å². The van der Waals surface area contributed by atoms with E-state index in [1.54, 1.807) is 25.2 Å². The summed E-state index contributed by atoms with van der Waals surface area (Å²) in [6.07, 6.45) is 3.63. The number of likely N-dealkylation sites (N-methyl/N-ethyl adjacent to an activating group) is 1. The van der Waals surface area contributed by atoms with Gasteiger partial charge in [-0.15, -0.1) is 0 Å². The van der Waals surface area contributed by atoms with Gasteiger partial charge in [0.1, 0.15) is 5.82 Å². The summed E-state index contributed by atoms with van der Waals surface area (Å²) in [5.74, 6) is 0.998. The quantitative estimate of drug-likeness (QED) is 0.760. The summed E-state index contributed by atoms with van der Waals surface area (Å²) < 4.78 is 1.93. The molecule has 1 amide bonds. The summed E-state index contributed by atoms with van der Waals surface area (Å²) in [6, 6.07) is -0.184. The lowest BCUT2D eigenvalue weighted by molar-refractivity contribution is -0.130. The number of rotatable bonds is 4. The fraction of sp³-hybridized carbons (Fsp3) is 0.600. The summed E-state index contributed by atoms with van der Waals surface area (Å²) >= 11 is 0. The summed E-state index contributed by atoms with van der Waals surface area (Å²) in [5.41, 5.74) is 0. The average Bonchev–Trinajstić information content (AvgIpc) is 2.59. The lowest BCUT2D eigenvalue weighted by atomic mass is 10.3. The van der Waals surface area contributed by atoms with E-state index in [9.17, 15) is 4.79 Å². The van der Waals surface area contributed by atoms with Gasteiger partial charge < -0.3 is 9.47 Å². The molecule has 1 rings (SSSR count). The van der Waals surface area contributed by atoms with Crippen molar-refractivity contribution < 1.29 is 4.79 Å². The van der Waals surface area contributed by atoms with Crippen molar-refractivity contribution in [2.75, 3.05) is 14.1 Å². The second-order valence-corrected chi connectivity index (χ2v) is 3.79. The molecule has 0 fully saturated rings. The van der Waals surface area contributed by atoms with Gasteiger partial charge in [-0.3, -0.25) is 10.1 Å². The van der Waals surface area contributed by atoms with Crippen molar-refractivity contribution in [2.45, 2.75) is 19.5 Å². The van der Waals surface area contributed by atoms with Crippen LogP contribution >= 0.6 is 0 Å². The molecule has 0 radical (unpaired) electrons. The molecule has 0 saturated carbocycles. The SMILES string of the molecule is CC(NCc1nccn1C)C(=O)N(C)C. The molecule has 0 aliphatic rings. The topological polar surface area (TPSA) is 50.2 Å². The van der Waals surface area contributed by atoms with Crippen LogP contribution in [-0.2, 0) is 18.4 Å². The Labute approximate surface area is 90.1 Å². The van der Waals surface area contributed by atoms with Gasteiger partial charge in [0.25, 0.3) is 0 Å². The molecule has 1 aromatic rings. The number of nitrogens with zero attached hydrogens (tertiary/aromatic N) is 3. The first kappa shape index (κ1) is 11.7. The van der Waals surface area contributed by atoms with Gasteiger partial charge in [-0.1, -0.05) is 0 Å². The number of carbonyl (C=O) groups excluding carboxylic acids is 1. The van der Waals surface area contributed by atoms with Crippen molar-refractivity contribution >= 4 is 5.91 Å². The highest BCUT2D eigenvalue weighted by Crippen LogP contribution is 1.95. The molecule has 0 bridgehead atoms. The molecule has 0 aromatic carbocycles. The minimum absolute atomic E-state index is 0.0733. The largest absolute Gasteiger partial charge is 0.347 e. The van der Waals surface area contributed by atoms with Gasteiger partial charge in [-0.25, -0.2) is 4.98 Å². The van der Waals surface area contributed by atoms with Gasteiger partial charge in [-0.05, 0) is 6.92 Å². The Morgan fingerprint density at radius 2 is 2.33 bits per heavy atom. The van der Waals surface area contributed by atoms with Crippen LogP contribution in [0.4, 0.5) is 0 Å². The third-order valence-electron chi connectivity index (χ3n) is 2.30. The first-order valence-corrected chi connectivity index (χ1v) is 4.93. The van der Waals surface area contributed by atoms with E-state index in [1.807, 2.05) is 24.7 Å². The number of nitrogens with one attached hydrogen (secondary N) is 1. The lowest BCUT2D eigenvalue weighted by Gasteiger charge is -2.17. The van der Waals surface area contributed by atoms with Crippen LogP contribution in [0.1, 0.15) is 12.7 Å². The van der Waals surface area contributed by atoms with Crippen LogP contribution in [0, 0.1) is 0 Å². The fourth-order valence-electron chi connectivity index (χ4n) is 1.29. The van der Waals surface area contributed by atoms with Crippen LogP contribution in [0.3, 0.4) is 0 Å². The maximum absolute atomic E-state index is 11.5. The summed E-state index contributed by atoms with van der Waals surface area (Å²) in [5, 5.41) is 3.13. The summed E-state index contributed by atoms with van der Waals surface area (Å²) in [4.78, 5) is 17.3. The van der Waals surface area contributed by atoms with E-state index in [0.717, 1.165) is 5.82 Å². The molecule has 0 spiro atoms. The molecule has 1 atom stereocenters. The van der Waals surface area contributed by atoms with Crippen LogP contribution < -0.4 is 5.32 Å². The summed E-state index contributed by atoms with van der Waals surface area (Å²) in [6.45, 7) is 2.45. The molecular weight excluding hydrogens is 192 g/mol. The van der Waals surface area contributed by atoms with E-state index in [2.05, 4.69) is 10.3 Å². The van der Waals surface area contributed by atoms with Crippen LogP contribution in [0.5, 0.6) is 0 Å². The van der Waals surface area contributed by atoms with Crippen LogP contribution in [0.15, 0.2) is 12.4 Å². The average molecular weight is 210 g/mol. The molecule has 1 heterocycles. The lowest BCUT2D eigenvalue weighted by Crippen LogP contribution is -2.41. The maximum atomic E-state index is 11.5. The Hall–Kier alpha value is -1.36. The molecule has 0 saturated heterocycles. The molecule has 0 aliphatic heterocycles. The Morgan fingerprint density at radius 1 is 1.67 bits per heavy atom. The first-order valence-electron chi connectivity index (χ1n) is 4.93. The van der Waals surface area contributed by atoms with E-state index < -0.39 is 0 Å². The molecule has 15 heavy (non-hydrogen) atoms. The Balaban J connectivity index is 2.44. The van der Waals surface area contributed by atoms with E-state index in [0.29, 0.717) is 6.54 Å². The van der Waals surface area contributed by atoms with Crippen LogP contribution in [-0.4, -0.2) is 40.5 Å². The Bertz CT molecular complexity index is 332. The van der Waals surface area contributed by atoms with E-state index in [1.165, 1.54) is 0 Å². The van der Waals surface area contributed by atoms with Crippen LogP contribution in [0.2, 0.25) is 0 Å². The van der Waals surface area contributed by atoms with Gasteiger partial charge in [0.2, 0.25) is 5.91 Å². The number of hydrogen-bond acceptors (Lipinski definition) is 3. The third kappa shape index (κ3) is 3.06. The maximum Gasteiger partial charge on any atom is 0.238 e. The molecule has 0 aliphatic carbocycles. The van der Waals surface area contributed by atoms with Gasteiger partial charge in [0.05, 0.1) is 12.6 Å². The highest BCUT2D eigenvalue weighted by molar-refractivity contribution is 5.80. The predicted molar refractivity (Wildman–Crippen MR) is 58.2 cm³/mol. The zero-order chi connectivity index (χ0) is 11.4. The zero-order valence-electron chi connectivity index (χ0n) is 9.69. The molecule has 1 aromatic heterocycles. The monoisotopic (exact) mass is 210 g/mol. The van der Waals surface area contributed by atoms with Crippen molar-refractivity contribution in [1.29, 1.82) is 0 Å². The molecule has 1 unspecified atom stereocenters. The molecule has 84 valence electrons.